The van der Waals surface area contributed by atoms with Gasteiger partial charge < -0.3 is 19.3 Å². The van der Waals surface area contributed by atoms with Crippen molar-refractivity contribution in [1.82, 2.24) is 0 Å². The fourth-order valence-electron chi connectivity index (χ4n) is 8.64. The predicted molar refractivity (Wildman–Crippen MR) is 115 cm³/mol. The molecule has 0 radical (unpaired) electrons. The summed E-state index contributed by atoms with van der Waals surface area (Å²) in [5, 5.41) is 11.6. The van der Waals surface area contributed by atoms with Crippen molar-refractivity contribution in [3.05, 3.63) is 34.6 Å². The molecule has 2 spiro atoms. The molecule has 6 heteroatoms. The summed E-state index contributed by atoms with van der Waals surface area (Å²) in [4.78, 5) is 25.6. The largest absolute Gasteiger partial charge is 0.484 e. The number of ketones is 2. The van der Waals surface area contributed by atoms with Crippen molar-refractivity contribution in [2.75, 3.05) is 0 Å². The fraction of sp³-hybridized carbons (Fsp3) is 0.692. The third-order valence-corrected chi connectivity index (χ3v) is 10.0. The number of allylic oxidation sites excluding steroid dienone is 4. The molecule has 6 nitrogen and oxygen atoms in total. The van der Waals surface area contributed by atoms with E-state index < -0.39 is 23.4 Å². The maximum atomic E-state index is 12.9. The van der Waals surface area contributed by atoms with E-state index in [4.69, 9.17) is 14.2 Å². The highest BCUT2D eigenvalue weighted by molar-refractivity contribution is 5.96. The van der Waals surface area contributed by atoms with Gasteiger partial charge in [-0.3, -0.25) is 9.59 Å². The Balaban J connectivity index is 1.61. The molecule has 6 rings (SSSR count). The number of Topliss-reactive ketones (excluding diaryl/α,β-unsaturated/α-hetero) is 1. The van der Waals surface area contributed by atoms with E-state index in [2.05, 4.69) is 19.9 Å². The van der Waals surface area contributed by atoms with Crippen LogP contribution in [0.3, 0.4) is 0 Å². The van der Waals surface area contributed by atoms with Crippen LogP contribution in [0.15, 0.2) is 34.6 Å². The second kappa shape index (κ2) is 6.22. The Labute approximate surface area is 188 Å². The van der Waals surface area contributed by atoms with Gasteiger partial charge in [-0.05, 0) is 58.1 Å². The lowest BCUT2D eigenvalue weighted by atomic mass is 9.42. The van der Waals surface area contributed by atoms with Gasteiger partial charge in [0.2, 0.25) is 0 Å². The molecule has 0 aromatic rings. The third kappa shape index (κ3) is 2.09. The van der Waals surface area contributed by atoms with Crippen LogP contribution in [0, 0.1) is 22.7 Å². The van der Waals surface area contributed by atoms with E-state index in [9.17, 15) is 14.7 Å². The Morgan fingerprint density at radius 2 is 1.81 bits per heavy atom. The molecule has 1 saturated carbocycles. The van der Waals surface area contributed by atoms with Gasteiger partial charge in [-0.2, -0.15) is 0 Å². The van der Waals surface area contributed by atoms with Crippen molar-refractivity contribution in [3.8, 4) is 0 Å². The van der Waals surface area contributed by atoms with Crippen molar-refractivity contribution < 1.29 is 28.9 Å². The van der Waals surface area contributed by atoms with E-state index in [-0.39, 0.29) is 47.4 Å². The van der Waals surface area contributed by atoms with Gasteiger partial charge in [0.25, 0.3) is 0 Å². The molecule has 9 atom stereocenters. The van der Waals surface area contributed by atoms with Crippen LogP contribution in [0.5, 0.6) is 0 Å². The summed E-state index contributed by atoms with van der Waals surface area (Å²) in [6.45, 7) is 9.97. The van der Waals surface area contributed by atoms with Crippen LogP contribution in [-0.2, 0) is 23.8 Å². The number of hydrogen-bond acceptors (Lipinski definition) is 6. The highest BCUT2D eigenvalue weighted by Crippen LogP contribution is 2.74. The zero-order chi connectivity index (χ0) is 22.8. The first-order chi connectivity index (χ1) is 15.1. The predicted octanol–water partition coefficient (Wildman–Crippen LogP) is 3.39. The Morgan fingerprint density at radius 3 is 2.56 bits per heavy atom. The minimum Gasteiger partial charge on any atom is -0.484 e. The van der Waals surface area contributed by atoms with Crippen LogP contribution < -0.4 is 0 Å². The molecule has 0 amide bonds. The number of rotatable bonds is 0. The van der Waals surface area contributed by atoms with Gasteiger partial charge in [-0.15, -0.1) is 0 Å². The molecule has 3 aliphatic heterocycles. The first kappa shape index (κ1) is 20.8. The second-order valence-electron chi connectivity index (χ2n) is 11.1. The highest BCUT2D eigenvalue weighted by Gasteiger charge is 2.81. The summed E-state index contributed by atoms with van der Waals surface area (Å²) in [5.41, 5.74) is 0.668. The van der Waals surface area contributed by atoms with Gasteiger partial charge in [-0.1, -0.05) is 18.6 Å². The normalized spacial score (nSPS) is 51.7. The van der Waals surface area contributed by atoms with E-state index in [1.165, 1.54) is 0 Å². The van der Waals surface area contributed by atoms with Gasteiger partial charge in [0.05, 0.1) is 17.6 Å². The quantitative estimate of drug-likeness (QED) is 0.582. The molecule has 0 aromatic carbocycles. The van der Waals surface area contributed by atoms with Crippen LogP contribution in [0.25, 0.3) is 0 Å². The average Bonchev–Trinajstić information content (AvgIpc) is 3.04. The molecule has 172 valence electrons. The smallest absolute Gasteiger partial charge is 0.167 e. The topological polar surface area (TPSA) is 82.1 Å². The Hall–Kier alpha value is -1.76. The molecule has 0 unspecified atom stereocenters. The van der Waals surface area contributed by atoms with Crippen molar-refractivity contribution >= 4 is 11.6 Å². The molecule has 0 bridgehead atoms. The maximum Gasteiger partial charge on any atom is 0.167 e. The van der Waals surface area contributed by atoms with Gasteiger partial charge in [0.15, 0.2) is 23.5 Å². The summed E-state index contributed by atoms with van der Waals surface area (Å²) in [6.07, 6.45) is 3.90. The number of carbonyl (C=O) groups excluding carboxylic acids is 2. The van der Waals surface area contributed by atoms with Crippen LogP contribution in [0.4, 0.5) is 0 Å². The SMILES string of the molecule is CC1=CC(=O)C[C@@H]2O[C@@H]3C=C(C)[C@@]45OC(C)=C(C)C(=O)C[C@H]4O[C@@H](O)[C@]54CC[C@@H]1[C@@]2(C)[C@@H]34. The monoisotopic (exact) mass is 440 g/mol. The average molecular weight is 441 g/mol. The van der Waals surface area contributed by atoms with Gasteiger partial charge in [0.1, 0.15) is 11.9 Å². The zero-order valence-corrected chi connectivity index (χ0v) is 19.4. The Kier molecular flexibility index (Phi) is 4.05. The molecule has 6 aliphatic rings. The summed E-state index contributed by atoms with van der Waals surface area (Å²) >= 11 is 0. The lowest BCUT2D eigenvalue weighted by Gasteiger charge is -2.62. The number of ether oxygens (including phenoxy) is 3. The van der Waals surface area contributed by atoms with Crippen molar-refractivity contribution in [2.24, 2.45) is 22.7 Å². The first-order valence-electron chi connectivity index (χ1n) is 11.9. The number of aliphatic hydroxyl groups is 1. The summed E-state index contributed by atoms with van der Waals surface area (Å²) < 4.78 is 19.7. The van der Waals surface area contributed by atoms with Crippen LogP contribution in [0.1, 0.15) is 60.3 Å². The maximum absolute atomic E-state index is 12.9. The lowest BCUT2D eigenvalue weighted by Crippen LogP contribution is -2.68. The summed E-state index contributed by atoms with van der Waals surface area (Å²) in [7, 11) is 0. The van der Waals surface area contributed by atoms with E-state index in [1.54, 1.807) is 13.0 Å². The molecule has 0 aromatic heterocycles. The Morgan fingerprint density at radius 1 is 1.06 bits per heavy atom. The Bertz CT molecular complexity index is 1040. The number of carbonyl (C=O) groups is 2. The molecule has 2 saturated heterocycles. The highest BCUT2D eigenvalue weighted by atomic mass is 16.6. The van der Waals surface area contributed by atoms with Crippen molar-refractivity contribution in [2.45, 2.75) is 90.5 Å². The molecule has 32 heavy (non-hydrogen) atoms. The standard InChI is InChI=1S/C26H32O6/c1-12-8-16(27)10-20-24(5)17(12)6-7-25-22(24)19(30-20)9-13(2)26(25)21(31-23(25)29)11-18(28)14(3)15(4)32-26/h8-9,17,19-23,29H,6-7,10-11H2,1-5H3/t17-,19+,20-,21+,22+,23+,24+,25+,26+/m0/s1. The molecule has 3 fully saturated rings. The van der Waals surface area contributed by atoms with Crippen molar-refractivity contribution in [3.63, 3.8) is 0 Å². The van der Waals surface area contributed by atoms with Gasteiger partial charge in [-0.25, -0.2) is 0 Å². The van der Waals surface area contributed by atoms with Crippen molar-refractivity contribution in [1.29, 1.82) is 0 Å². The van der Waals surface area contributed by atoms with Gasteiger partial charge in [0, 0.05) is 29.7 Å². The zero-order valence-electron chi connectivity index (χ0n) is 19.4. The minimum absolute atomic E-state index is 0.00263. The van der Waals surface area contributed by atoms with Crippen LogP contribution >= 0.6 is 0 Å². The minimum atomic E-state index is -1.06. The first-order valence-corrected chi connectivity index (χ1v) is 11.9. The van der Waals surface area contributed by atoms with Crippen LogP contribution in [-0.4, -0.2) is 46.9 Å². The van der Waals surface area contributed by atoms with E-state index in [1.807, 2.05) is 13.8 Å². The molecule has 1 N–H and O–H groups in total. The van der Waals surface area contributed by atoms with Gasteiger partial charge >= 0.3 is 0 Å². The summed E-state index contributed by atoms with van der Waals surface area (Å²) in [5.74, 6) is 0.829. The number of hydrogen-bond donors (Lipinski definition) is 1. The van der Waals surface area contributed by atoms with E-state index in [0.29, 0.717) is 24.2 Å². The number of aliphatic hydroxyl groups excluding tert-OH is 1. The summed E-state index contributed by atoms with van der Waals surface area (Å²) in [6, 6.07) is 0. The third-order valence-electron chi connectivity index (χ3n) is 10.0. The lowest BCUT2D eigenvalue weighted by molar-refractivity contribution is -0.212. The van der Waals surface area contributed by atoms with Crippen LogP contribution in [0.2, 0.25) is 0 Å². The fourth-order valence-corrected chi connectivity index (χ4v) is 8.64. The molecule has 3 aliphatic carbocycles. The molecule has 3 heterocycles. The van der Waals surface area contributed by atoms with E-state index in [0.717, 1.165) is 17.6 Å². The molecular weight excluding hydrogens is 408 g/mol. The molecular formula is C26H32O6. The second-order valence-corrected chi connectivity index (χ2v) is 11.1. The van der Waals surface area contributed by atoms with E-state index >= 15 is 0 Å².